The van der Waals surface area contributed by atoms with Crippen LogP contribution in [0.1, 0.15) is 16.8 Å². The quantitative estimate of drug-likeness (QED) is 0.686. The second kappa shape index (κ2) is 7.08. The van der Waals surface area contributed by atoms with E-state index in [1.807, 2.05) is 0 Å². The van der Waals surface area contributed by atoms with Crippen molar-refractivity contribution >= 4 is 17.5 Å². The zero-order chi connectivity index (χ0) is 13.5. The van der Waals surface area contributed by atoms with Crippen LogP contribution >= 0.6 is 11.6 Å². The predicted octanol–water partition coefficient (Wildman–Crippen LogP) is 1.47. The van der Waals surface area contributed by atoms with Gasteiger partial charge in [-0.15, -0.1) is 11.6 Å². The SMILES string of the molecule is COCC(Cl)CCNC(=O)c1cc(O)cc(O)c1. The molecule has 1 atom stereocenters. The first-order chi connectivity index (χ1) is 8.52. The molecule has 0 saturated carbocycles. The van der Waals surface area contributed by atoms with Gasteiger partial charge in [-0.05, 0) is 18.6 Å². The molecule has 1 aromatic rings. The summed E-state index contributed by atoms with van der Waals surface area (Å²) >= 11 is 5.90. The minimum Gasteiger partial charge on any atom is -0.508 e. The number of carbonyl (C=O) groups excluding carboxylic acids is 1. The average molecular weight is 274 g/mol. The van der Waals surface area contributed by atoms with Gasteiger partial charge < -0.3 is 20.3 Å². The Hall–Kier alpha value is -1.46. The highest BCUT2D eigenvalue weighted by Gasteiger charge is 2.09. The maximum Gasteiger partial charge on any atom is 0.251 e. The van der Waals surface area contributed by atoms with E-state index in [1.165, 1.54) is 12.1 Å². The summed E-state index contributed by atoms with van der Waals surface area (Å²) in [5, 5.41) is 21.0. The van der Waals surface area contributed by atoms with Crippen molar-refractivity contribution in [3.63, 3.8) is 0 Å². The summed E-state index contributed by atoms with van der Waals surface area (Å²) in [6.07, 6.45) is 0.575. The molecule has 1 rings (SSSR count). The number of phenols is 2. The number of benzene rings is 1. The van der Waals surface area contributed by atoms with Gasteiger partial charge in [0.05, 0.1) is 12.0 Å². The summed E-state index contributed by atoms with van der Waals surface area (Å²) in [5.74, 6) is -0.688. The van der Waals surface area contributed by atoms with Gasteiger partial charge in [-0.2, -0.15) is 0 Å². The lowest BCUT2D eigenvalue weighted by Crippen LogP contribution is -2.26. The number of carbonyl (C=O) groups is 1. The van der Waals surface area contributed by atoms with Crippen LogP contribution in [0.3, 0.4) is 0 Å². The van der Waals surface area contributed by atoms with E-state index in [1.54, 1.807) is 7.11 Å². The highest BCUT2D eigenvalue weighted by molar-refractivity contribution is 6.20. The van der Waals surface area contributed by atoms with Crippen LogP contribution in [0.5, 0.6) is 11.5 Å². The van der Waals surface area contributed by atoms with Crippen molar-refractivity contribution < 1.29 is 19.7 Å². The van der Waals surface area contributed by atoms with Crippen LogP contribution in [-0.4, -0.2) is 41.8 Å². The van der Waals surface area contributed by atoms with E-state index in [0.29, 0.717) is 19.6 Å². The second-order valence-electron chi connectivity index (χ2n) is 3.84. The van der Waals surface area contributed by atoms with Gasteiger partial charge in [0.1, 0.15) is 11.5 Å². The third-order valence-electron chi connectivity index (χ3n) is 2.26. The van der Waals surface area contributed by atoms with Gasteiger partial charge >= 0.3 is 0 Å². The minimum atomic E-state index is -0.373. The van der Waals surface area contributed by atoms with Crippen molar-refractivity contribution in [1.82, 2.24) is 5.32 Å². The zero-order valence-corrected chi connectivity index (χ0v) is 10.8. The molecule has 0 heterocycles. The first kappa shape index (κ1) is 14.6. The van der Waals surface area contributed by atoms with Gasteiger partial charge in [-0.3, -0.25) is 4.79 Å². The normalized spacial score (nSPS) is 12.1. The Labute approximate surface area is 110 Å². The molecule has 5 nitrogen and oxygen atoms in total. The summed E-state index contributed by atoms with van der Waals surface area (Å²) in [5.41, 5.74) is 0.199. The van der Waals surface area contributed by atoms with Crippen molar-refractivity contribution in [2.45, 2.75) is 11.8 Å². The Morgan fingerprint density at radius 1 is 1.39 bits per heavy atom. The first-order valence-corrected chi connectivity index (χ1v) is 5.91. The molecular weight excluding hydrogens is 258 g/mol. The highest BCUT2D eigenvalue weighted by Crippen LogP contribution is 2.20. The van der Waals surface area contributed by atoms with E-state index in [9.17, 15) is 15.0 Å². The molecule has 0 aliphatic heterocycles. The van der Waals surface area contributed by atoms with E-state index in [2.05, 4.69) is 5.32 Å². The molecule has 0 spiro atoms. The molecular formula is C12H16ClNO4. The third-order valence-corrected chi connectivity index (χ3v) is 2.60. The zero-order valence-electron chi connectivity index (χ0n) is 10.0. The minimum absolute atomic E-state index is 0.158. The number of methoxy groups -OCH3 is 1. The number of amides is 1. The van der Waals surface area contributed by atoms with Crippen LogP contribution in [0.25, 0.3) is 0 Å². The maximum absolute atomic E-state index is 11.7. The summed E-state index contributed by atoms with van der Waals surface area (Å²) in [6, 6.07) is 3.72. The van der Waals surface area contributed by atoms with Crippen LogP contribution in [0.4, 0.5) is 0 Å². The molecule has 1 aromatic carbocycles. The summed E-state index contributed by atoms with van der Waals surface area (Å²) in [6.45, 7) is 0.817. The average Bonchev–Trinajstić information content (AvgIpc) is 2.27. The molecule has 3 N–H and O–H groups in total. The smallest absolute Gasteiger partial charge is 0.251 e. The highest BCUT2D eigenvalue weighted by atomic mass is 35.5. The lowest BCUT2D eigenvalue weighted by Gasteiger charge is -2.09. The molecule has 1 unspecified atom stereocenters. The molecule has 0 bridgehead atoms. The van der Waals surface area contributed by atoms with Crippen molar-refractivity contribution in [3.05, 3.63) is 23.8 Å². The monoisotopic (exact) mass is 273 g/mol. The Bertz CT molecular complexity index is 391. The van der Waals surface area contributed by atoms with Gasteiger partial charge in [0, 0.05) is 25.3 Å². The van der Waals surface area contributed by atoms with E-state index in [0.717, 1.165) is 6.07 Å². The molecule has 0 aliphatic rings. The predicted molar refractivity (Wildman–Crippen MR) is 68.2 cm³/mol. The topological polar surface area (TPSA) is 78.8 Å². The first-order valence-electron chi connectivity index (χ1n) is 5.47. The number of aromatic hydroxyl groups is 2. The van der Waals surface area contributed by atoms with Crippen molar-refractivity contribution in [2.75, 3.05) is 20.3 Å². The van der Waals surface area contributed by atoms with Gasteiger partial charge in [-0.1, -0.05) is 0 Å². The number of phenolic OH excluding ortho intramolecular Hbond substituents is 2. The Balaban J connectivity index is 2.45. The van der Waals surface area contributed by atoms with Crippen LogP contribution < -0.4 is 5.32 Å². The Kier molecular flexibility index (Phi) is 5.74. The van der Waals surface area contributed by atoms with E-state index in [-0.39, 0.29) is 28.3 Å². The number of alkyl halides is 1. The third kappa shape index (κ3) is 4.81. The van der Waals surface area contributed by atoms with Crippen LogP contribution in [-0.2, 0) is 4.74 Å². The lowest BCUT2D eigenvalue weighted by atomic mass is 10.2. The molecule has 0 aromatic heterocycles. The number of hydrogen-bond donors (Lipinski definition) is 3. The molecule has 6 heteroatoms. The standard InChI is InChI=1S/C12H16ClNO4/c1-18-7-9(13)2-3-14-12(17)8-4-10(15)6-11(16)5-8/h4-6,9,15-16H,2-3,7H2,1H3,(H,14,17). The van der Waals surface area contributed by atoms with Crippen LogP contribution in [0, 0.1) is 0 Å². The molecule has 1 amide bonds. The van der Waals surface area contributed by atoms with Gasteiger partial charge in [0.15, 0.2) is 0 Å². The molecule has 0 saturated heterocycles. The van der Waals surface area contributed by atoms with Gasteiger partial charge in [-0.25, -0.2) is 0 Å². The lowest BCUT2D eigenvalue weighted by molar-refractivity contribution is 0.0951. The van der Waals surface area contributed by atoms with E-state index < -0.39 is 0 Å². The molecule has 0 aliphatic carbocycles. The van der Waals surface area contributed by atoms with Gasteiger partial charge in [0.25, 0.3) is 5.91 Å². The molecule has 0 fully saturated rings. The fraction of sp³-hybridized carbons (Fsp3) is 0.417. The fourth-order valence-electron chi connectivity index (χ4n) is 1.43. The largest absolute Gasteiger partial charge is 0.508 e. The number of hydrogen-bond acceptors (Lipinski definition) is 4. The summed E-state index contributed by atoms with van der Waals surface area (Å²) < 4.78 is 4.87. The number of rotatable bonds is 6. The fourth-order valence-corrected chi connectivity index (χ4v) is 1.67. The number of halogens is 1. The summed E-state index contributed by atoms with van der Waals surface area (Å²) in [7, 11) is 1.56. The maximum atomic E-state index is 11.7. The molecule has 18 heavy (non-hydrogen) atoms. The van der Waals surface area contributed by atoms with E-state index >= 15 is 0 Å². The Morgan fingerprint density at radius 3 is 2.56 bits per heavy atom. The molecule has 100 valence electrons. The second-order valence-corrected chi connectivity index (χ2v) is 4.45. The van der Waals surface area contributed by atoms with Gasteiger partial charge in [0.2, 0.25) is 0 Å². The van der Waals surface area contributed by atoms with Crippen LogP contribution in [0.2, 0.25) is 0 Å². The van der Waals surface area contributed by atoms with Crippen molar-refractivity contribution in [2.24, 2.45) is 0 Å². The van der Waals surface area contributed by atoms with Crippen molar-refractivity contribution in [1.29, 1.82) is 0 Å². The van der Waals surface area contributed by atoms with E-state index in [4.69, 9.17) is 16.3 Å². The number of nitrogens with one attached hydrogen (secondary N) is 1. The Morgan fingerprint density at radius 2 is 2.00 bits per heavy atom. The van der Waals surface area contributed by atoms with Crippen molar-refractivity contribution in [3.8, 4) is 11.5 Å². The summed E-state index contributed by atoms with van der Waals surface area (Å²) in [4.78, 5) is 11.7. The number of ether oxygens (including phenoxy) is 1. The molecule has 0 radical (unpaired) electrons. The van der Waals surface area contributed by atoms with Crippen LogP contribution in [0.15, 0.2) is 18.2 Å².